The van der Waals surface area contributed by atoms with E-state index in [1.807, 2.05) is 0 Å². The van der Waals surface area contributed by atoms with E-state index in [0.717, 1.165) is 14.0 Å². The maximum absolute atomic E-state index is 13.1. The molecule has 1 aliphatic rings. The summed E-state index contributed by atoms with van der Waals surface area (Å²) in [5.74, 6) is 0. The van der Waals surface area contributed by atoms with Gasteiger partial charge in [-0.1, -0.05) is 0 Å². The summed E-state index contributed by atoms with van der Waals surface area (Å²) in [6.45, 7) is 2.77. The van der Waals surface area contributed by atoms with Gasteiger partial charge < -0.3 is 14.6 Å². The minimum Gasteiger partial charge on any atom is -0.381 e. The molecule has 5 atom stereocenters. The van der Waals surface area contributed by atoms with E-state index in [9.17, 15) is 19.6 Å². The van der Waals surface area contributed by atoms with Crippen LogP contribution in [-0.2, 0) is 9.47 Å². The molecule has 1 rings (SSSR count). The first kappa shape index (κ1) is 12.3. The number of rotatable bonds is 5. The van der Waals surface area contributed by atoms with Gasteiger partial charge in [-0.05, 0) is 6.92 Å². The van der Waals surface area contributed by atoms with Crippen LogP contribution in [0.5, 0.6) is 0 Å². The van der Waals surface area contributed by atoms with Gasteiger partial charge in [0, 0.05) is 19.0 Å². The number of halogens is 1. The van der Waals surface area contributed by atoms with E-state index in [2.05, 4.69) is 4.74 Å². The van der Waals surface area contributed by atoms with Crippen LogP contribution < -0.4 is 0 Å². The molecule has 0 bridgehead atoms. The molecule has 1 saturated heterocycles. The first-order valence-corrected chi connectivity index (χ1v) is 4.50. The third kappa shape index (κ3) is 1.95. The number of hydrogen-bond acceptors (Lipinski definition) is 5. The Morgan fingerprint density at radius 2 is 2.20 bits per heavy atom. The molecule has 7 heteroatoms. The average molecular weight is 223 g/mol. The summed E-state index contributed by atoms with van der Waals surface area (Å²) in [6.07, 6.45) is -5.08. The van der Waals surface area contributed by atoms with Gasteiger partial charge in [-0.25, -0.2) is 4.39 Å². The summed E-state index contributed by atoms with van der Waals surface area (Å²) < 4.78 is 22.2. The number of aliphatic hydroxyl groups is 1. The van der Waals surface area contributed by atoms with Crippen LogP contribution in [0.3, 0.4) is 0 Å². The fraction of sp³-hybridized carbons (Fsp3) is 1.00. The summed E-state index contributed by atoms with van der Waals surface area (Å²) in [5, 5.41) is 20.4. The largest absolute Gasteiger partial charge is 0.381 e. The quantitative estimate of drug-likeness (QED) is 0.406. The Kier molecular flexibility index (Phi) is 3.27. The number of aliphatic hydroxyl groups excluding tert-OH is 1. The van der Waals surface area contributed by atoms with Gasteiger partial charge in [0.1, 0.15) is 0 Å². The van der Waals surface area contributed by atoms with Crippen molar-refractivity contribution in [3.05, 3.63) is 10.1 Å². The molecule has 1 fully saturated rings. The number of nitrogens with zero attached hydrogens (tertiary/aromatic N) is 1. The Hall–Kier alpha value is -0.790. The molecule has 1 N–H and O–H groups in total. The lowest BCUT2D eigenvalue weighted by atomic mass is 9.90. The molecule has 0 unspecified atom stereocenters. The second-order valence-electron chi connectivity index (χ2n) is 3.78. The lowest BCUT2D eigenvalue weighted by Crippen LogP contribution is -2.56. The van der Waals surface area contributed by atoms with Crippen LogP contribution in [0.2, 0.25) is 0 Å². The molecule has 0 aromatic carbocycles. The van der Waals surface area contributed by atoms with Crippen molar-refractivity contribution in [3.63, 3.8) is 0 Å². The highest BCUT2D eigenvalue weighted by Crippen LogP contribution is 2.38. The van der Waals surface area contributed by atoms with E-state index >= 15 is 0 Å². The van der Waals surface area contributed by atoms with Crippen molar-refractivity contribution >= 4 is 0 Å². The first-order chi connectivity index (χ1) is 6.85. The van der Waals surface area contributed by atoms with Gasteiger partial charge in [0.15, 0.2) is 12.2 Å². The number of hydrogen-bond donors (Lipinski definition) is 1. The monoisotopic (exact) mass is 223 g/mol. The fourth-order valence-corrected chi connectivity index (χ4v) is 1.57. The number of nitro groups is 1. The molecule has 0 aromatic rings. The molecule has 0 amide bonds. The second-order valence-corrected chi connectivity index (χ2v) is 3.78. The number of methoxy groups -OCH3 is 1. The Morgan fingerprint density at radius 3 is 2.47 bits per heavy atom. The number of epoxide rings is 1. The molecule has 1 heterocycles. The van der Waals surface area contributed by atoms with Gasteiger partial charge in [0.2, 0.25) is 6.36 Å². The second kappa shape index (κ2) is 3.99. The van der Waals surface area contributed by atoms with Crippen LogP contribution in [-0.4, -0.2) is 47.3 Å². The highest BCUT2D eigenvalue weighted by Gasteiger charge is 2.64. The van der Waals surface area contributed by atoms with E-state index in [1.165, 1.54) is 0 Å². The maximum Gasteiger partial charge on any atom is 0.278 e. The number of alkyl halides is 1. The Balaban J connectivity index is 2.86. The molecule has 15 heavy (non-hydrogen) atoms. The molecule has 0 radical (unpaired) electrons. The van der Waals surface area contributed by atoms with Crippen molar-refractivity contribution in [1.29, 1.82) is 0 Å². The molecule has 88 valence electrons. The summed E-state index contributed by atoms with van der Waals surface area (Å²) in [6, 6.07) is 0. The third-order valence-electron chi connectivity index (χ3n) is 2.75. The fourth-order valence-electron chi connectivity index (χ4n) is 1.57. The zero-order valence-electron chi connectivity index (χ0n) is 8.71. The van der Waals surface area contributed by atoms with Gasteiger partial charge in [0.25, 0.3) is 5.54 Å². The minimum atomic E-state index is -2.10. The Labute approximate surface area is 86.1 Å². The summed E-state index contributed by atoms with van der Waals surface area (Å²) in [5.41, 5.74) is -1.88. The third-order valence-corrected chi connectivity index (χ3v) is 2.75. The number of ether oxygens (including phenoxy) is 2. The van der Waals surface area contributed by atoms with Crippen molar-refractivity contribution in [1.82, 2.24) is 0 Å². The molecular formula is C8H14FNO5. The van der Waals surface area contributed by atoms with Crippen molar-refractivity contribution in [3.8, 4) is 0 Å². The van der Waals surface area contributed by atoms with Crippen molar-refractivity contribution in [2.45, 2.75) is 44.1 Å². The van der Waals surface area contributed by atoms with Crippen LogP contribution in [0.25, 0.3) is 0 Å². The van der Waals surface area contributed by atoms with Crippen molar-refractivity contribution < 1.29 is 23.9 Å². The lowest BCUT2D eigenvalue weighted by Gasteiger charge is -2.26. The van der Waals surface area contributed by atoms with Gasteiger partial charge >= 0.3 is 0 Å². The topological polar surface area (TPSA) is 85.1 Å². The smallest absolute Gasteiger partial charge is 0.278 e. The lowest BCUT2D eigenvalue weighted by molar-refractivity contribution is -0.585. The maximum atomic E-state index is 13.1. The molecule has 0 aromatic heterocycles. The molecular weight excluding hydrogens is 209 g/mol. The van der Waals surface area contributed by atoms with Crippen LogP contribution in [0.1, 0.15) is 13.8 Å². The normalized spacial score (nSPS) is 32.9. The SMILES string of the molecule is CO[C@H](F)[C@@H](O)[C@](C)([C@@H]1O[C@H]1C)[N+](=O)[O-]. The van der Waals surface area contributed by atoms with Gasteiger partial charge in [-0.2, -0.15) is 0 Å². The average Bonchev–Trinajstić information content (AvgIpc) is 2.91. The first-order valence-electron chi connectivity index (χ1n) is 4.50. The van der Waals surface area contributed by atoms with Gasteiger partial charge in [-0.3, -0.25) is 10.1 Å². The molecule has 6 nitrogen and oxygen atoms in total. The Bertz CT molecular complexity index is 263. The predicted octanol–water partition coefficient (Wildman–Crippen LogP) is 0.112. The molecule has 0 aliphatic carbocycles. The molecule has 0 spiro atoms. The summed E-state index contributed by atoms with van der Waals surface area (Å²) in [7, 11) is 1.03. The van der Waals surface area contributed by atoms with Crippen LogP contribution in [0.4, 0.5) is 4.39 Å². The van der Waals surface area contributed by atoms with Crippen LogP contribution >= 0.6 is 0 Å². The zero-order chi connectivity index (χ0) is 11.8. The van der Waals surface area contributed by atoms with E-state index in [1.54, 1.807) is 6.92 Å². The molecule has 0 saturated carbocycles. The van der Waals surface area contributed by atoms with Gasteiger partial charge in [-0.15, -0.1) is 0 Å². The summed E-state index contributed by atoms with van der Waals surface area (Å²) in [4.78, 5) is 10.1. The van der Waals surface area contributed by atoms with Gasteiger partial charge in [0.05, 0.1) is 6.10 Å². The van der Waals surface area contributed by atoms with E-state index < -0.39 is 29.0 Å². The van der Waals surface area contributed by atoms with E-state index in [4.69, 9.17) is 4.74 Å². The summed E-state index contributed by atoms with van der Waals surface area (Å²) >= 11 is 0. The van der Waals surface area contributed by atoms with E-state index in [-0.39, 0.29) is 6.10 Å². The highest BCUT2D eigenvalue weighted by molar-refractivity contribution is 5.02. The molecule has 1 aliphatic heterocycles. The highest BCUT2D eigenvalue weighted by atomic mass is 19.1. The van der Waals surface area contributed by atoms with Crippen LogP contribution in [0.15, 0.2) is 0 Å². The predicted molar refractivity (Wildman–Crippen MR) is 47.6 cm³/mol. The van der Waals surface area contributed by atoms with Crippen molar-refractivity contribution in [2.24, 2.45) is 0 Å². The Morgan fingerprint density at radius 1 is 1.73 bits per heavy atom. The van der Waals surface area contributed by atoms with Crippen LogP contribution in [0, 0.1) is 10.1 Å². The standard InChI is InChI=1S/C8H14FNO5/c1-4-6(15-4)8(2,10(12)13)5(11)7(9)14-3/h4-7,11H,1-3H3/t4-,5+,6+,7-,8+/m0/s1. The minimum absolute atomic E-state index is 0.348. The van der Waals surface area contributed by atoms with Crippen molar-refractivity contribution in [2.75, 3.05) is 7.11 Å². The van der Waals surface area contributed by atoms with E-state index in [0.29, 0.717) is 0 Å². The zero-order valence-corrected chi connectivity index (χ0v) is 8.71.